The summed E-state index contributed by atoms with van der Waals surface area (Å²) in [6.07, 6.45) is 6.57. The molecule has 2 heterocycles. The second kappa shape index (κ2) is 6.07. The van der Waals surface area contributed by atoms with Crippen molar-refractivity contribution in [2.45, 2.75) is 61.9 Å². The van der Waals surface area contributed by atoms with E-state index in [0.29, 0.717) is 18.6 Å². The van der Waals surface area contributed by atoms with E-state index in [9.17, 15) is 13.4 Å². The topological polar surface area (TPSA) is 34.1 Å². The molecule has 2 fully saturated rings. The fourth-order valence-electron chi connectivity index (χ4n) is 3.07. The standard InChI is InChI=1S/C13H21FO2S/c14-7-3-1-2-4-13(15)10-8-11-5-6-12(9-10)17(11)16/h10-12H,1-9H2. The zero-order valence-electron chi connectivity index (χ0n) is 10.2. The molecule has 0 aromatic rings. The summed E-state index contributed by atoms with van der Waals surface area (Å²) in [6.45, 7) is -0.277. The van der Waals surface area contributed by atoms with E-state index in [-0.39, 0.29) is 23.1 Å². The molecule has 2 bridgehead atoms. The highest BCUT2D eigenvalue weighted by Crippen LogP contribution is 2.39. The van der Waals surface area contributed by atoms with Crippen LogP contribution in [0.5, 0.6) is 0 Å². The van der Waals surface area contributed by atoms with Crippen LogP contribution in [0.3, 0.4) is 0 Å². The number of hydrogen-bond donors (Lipinski definition) is 0. The second-order valence-corrected chi connectivity index (χ2v) is 7.27. The molecule has 2 nitrogen and oxygen atoms in total. The first-order valence-electron chi connectivity index (χ1n) is 6.70. The fourth-order valence-corrected chi connectivity index (χ4v) is 5.20. The number of fused-ring (bicyclic) bond motifs is 2. The third-order valence-corrected chi connectivity index (χ3v) is 6.25. The Hall–Kier alpha value is -0.250. The molecule has 0 radical (unpaired) electrons. The van der Waals surface area contributed by atoms with Gasteiger partial charge < -0.3 is 0 Å². The quantitative estimate of drug-likeness (QED) is 0.688. The lowest BCUT2D eigenvalue weighted by Gasteiger charge is -2.26. The second-order valence-electron chi connectivity index (χ2n) is 5.28. The molecular formula is C13H21FO2S. The predicted octanol–water partition coefficient (Wildman–Crippen LogP) is 2.78. The average Bonchev–Trinajstić information content (AvgIpc) is 2.57. The zero-order valence-corrected chi connectivity index (χ0v) is 11.0. The van der Waals surface area contributed by atoms with Crippen molar-refractivity contribution in [2.24, 2.45) is 5.92 Å². The van der Waals surface area contributed by atoms with Crippen LogP contribution in [0.4, 0.5) is 4.39 Å². The molecule has 2 aliphatic heterocycles. The number of alkyl halides is 1. The Morgan fingerprint density at radius 1 is 1.12 bits per heavy atom. The molecule has 0 amide bonds. The van der Waals surface area contributed by atoms with Gasteiger partial charge in [0.05, 0.1) is 6.67 Å². The highest BCUT2D eigenvalue weighted by Gasteiger charge is 2.42. The van der Waals surface area contributed by atoms with Gasteiger partial charge in [0.25, 0.3) is 0 Å². The lowest BCUT2D eigenvalue weighted by Crippen LogP contribution is -2.32. The number of carbonyl (C=O) groups excluding carboxylic acids is 1. The van der Waals surface area contributed by atoms with E-state index in [1.807, 2.05) is 0 Å². The Kier molecular flexibility index (Phi) is 4.71. The van der Waals surface area contributed by atoms with E-state index in [0.717, 1.165) is 38.5 Å². The van der Waals surface area contributed by atoms with Gasteiger partial charge in [-0.25, -0.2) is 0 Å². The van der Waals surface area contributed by atoms with Gasteiger partial charge in [-0.15, -0.1) is 0 Å². The first-order valence-corrected chi connectivity index (χ1v) is 7.98. The maximum atomic E-state index is 12.0. The highest BCUT2D eigenvalue weighted by atomic mass is 32.2. The van der Waals surface area contributed by atoms with Gasteiger partial charge in [0.15, 0.2) is 0 Å². The van der Waals surface area contributed by atoms with Crippen molar-refractivity contribution in [3.8, 4) is 0 Å². The number of halogens is 1. The monoisotopic (exact) mass is 260 g/mol. The van der Waals surface area contributed by atoms with Gasteiger partial charge in [0.2, 0.25) is 0 Å². The molecule has 0 N–H and O–H groups in total. The van der Waals surface area contributed by atoms with E-state index in [1.165, 1.54) is 0 Å². The summed E-state index contributed by atoms with van der Waals surface area (Å²) in [5, 5.41) is 0.571. The van der Waals surface area contributed by atoms with Crippen LogP contribution < -0.4 is 0 Å². The van der Waals surface area contributed by atoms with E-state index < -0.39 is 10.8 Å². The summed E-state index contributed by atoms with van der Waals surface area (Å²) in [7, 11) is -0.666. The molecule has 0 spiro atoms. The van der Waals surface area contributed by atoms with Gasteiger partial charge in [0.1, 0.15) is 5.78 Å². The molecule has 0 aromatic carbocycles. The summed E-state index contributed by atoms with van der Waals surface area (Å²) in [4.78, 5) is 12.0. The van der Waals surface area contributed by atoms with Crippen molar-refractivity contribution in [1.29, 1.82) is 0 Å². The minimum absolute atomic E-state index is 0.149. The van der Waals surface area contributed by atoms with E-state index in [4.69, 9.17) is 0 Å². The molecule has 2 saturated heterocycles. The number of unbranched alkanes of at least 4 members (excludes halogenated alkanes) is 2. The molecule has 2 rings (SSSR count). The Labute approximate surface area is 105 Å². The van der Waals surface area contributed by atoms with E-state index >= 15 is 0 Å². The lowest BCUT2D eigenvalue weighted by molar-refractivity contribution is -0.123. The van der Waals surface area contributed by atoms with Crippen molar-refractivity contribution in [1.82, 2.24) is 0 Å². The first-order chi connectivity index (χ1) is 8.22. The van der Waals surface area contributed by atoms with Crippen molar-refractivity contribution < 1.29 is 13.4 Å². The van der Waals surface area contributed by atoms with Crippen molar-refractivity contribution in [2.75, 3.05) is 6.67 Å². The lowest BCUT2D eigenvalue weighted by atomic mass is 9.91. The number of carbonyl (C=O) groups is 1. The number of hydrogen-bond acceptors (Lipinski definition) is 2. The summed E-state index contributed by atoms with van der Waals surface area (Å²) < 4.78 is 23.7. The molecule has 17 heavy (non-hydrogen) atoms. The van der Waals surface area contributed by atoms with E-state index in [1.54, 1.807) is 0 Å². The third kappa shape index (κ3) is 3.15. The Balaban J connectivity index is 1.76. The Morgan fingerprint density at radius 3 is 2.35 bits per heavy atom. The van der Waals surface area contributed by atoms with Crippen LogP contribution in [0.2, 0.25) is 0 Å². The van der Waals surface area contributed by atoms with Gasteiger partial charge in [-0.3, -0.25) is 13.4 Å². The molecule has 0 aliphatic carbocycles. The van der Waals surface area contributed by atoms with Crippen LogP contribution in [-0.2, 0) is 15.6 Å². The van der Waals surface area contributed by atoms with Crippen molar-refractivity contribution in [3.63, 3.8) is 0 Å². The molecule has 4 heteroatoms. The van der Waals surface area contributed by atoms with Crippen LogP contribution in [0.1, 0.15) is 51.4 Å². The Bertz CT molecular complexity index is 290. The zero-order chi connectivity index (χ0) is 12.3. The van der Waals surface area contributed by atoms with Crippen LogP contribution in [-0.4, -0.2) is 27.2 Å². The van der Waals surface area contributed by atoms with Gasteiger partial charge in [0, 0.05) is 33.6 Å². The summed E-state index contributed by atoms with van der Waals surface area (Å²) in [5.74, 6) is 0.480. The molecule has 0 saturated carbocycles. The summed E-state index contributed by atoms with van der Waals surface area (Å²) in [5.41, 5.74) is 0. The highest BCUT2D eigenvalue weighted by molar-refractivity contribution is 7.86. The van der Waals surface area contributed by atoms with Crippen LogP contribution in [0.25, 0.3) is 0 Å². The minimum atomic E-state index is -0.666. The van der Waals surface area contributed by atoms with E-state index in [2.05, 4.69) is 0 Å². The van der Waals surface area contributed by atoms with Crippen molar-refractivity contribution >= 4 is 16.6 Å². The normalized spacial score (nSPS) is 36.1. The van der Waals surface area contributed by atoms with Crippen LogP contribution >= 0.6 is 0 Å². The minimum Gasteiger partial charge on any atom is -0.299 e. The average molecular weight is 260 g/mol. The number of Topliss-reactive ketones (excluding diaryl/α,β-unsaturated/α-hetero) is 1. The van der Waals surface area contributed by atoms with Gasteiger partial charge >= 0.3 is 0 Å². The molecule has 2 aliphatic rings. The molecule has 2 unspecified atom stereocenters. The summed E-state index contributed by atoms with van der Waals surface area (Å²) in [6, 6.07) is 0. The SMILES string of the molecule is O=C(CCCCCF)C1CC2CCC(C1)S2=O. The molecule has 0 aromatic heterocycles. The third-order valence-electron chi connectivity index (χ3n) is 4.07. The van der Waals surface area contributed by atoms with Gasteiger partial charge in [-0.1, -0.05) is 6.42 Å². The molecule has 2 atom stereocenters. The smallest absolute Gasteiger partial charge is 0.136 e. The predicted molar refractivity (Wildman–Crippen MR) is 67.1 cm³/mol. The summed E-state index contributed by atoms with van der Waals surface area (Å²) >= 11 is 0. The van der Waals surface area contributed by atoms with Crippen LogP contribution in [0, 0.1) is 5.92 Å². The van der Waals surface area contributed by atoms with Gasteiger partial charge in [-0.05, 0) is 38.5 Å². The molecule has 98 valence electrons. The number of ketones is 1. The van der Waals surface area contributed by atoms with Crippen LogP contribution in [0.15, 0.2) is 0 Å². The maximum Gasteiger partial charge on any atom is 0.136 e. The number of rotatable bonds is 6. The fraction of sp³-hybridized carbons (Fsp3) is 0.923. The maximum absolute atomic E-state index is 12.0. The van der Waals surface area contributed by atoms with Gasteiger partial charge in [-0.2, -0.15) is 0 Å². The Morgan fingerprint density at radius 2 is 1.76 bits per heavy atom. The largest absolute Gasteiger partial charge is 0.299 e. The molecular weight excluding hydrogens is 239 g/mol. The van der Waals surface area contributed by atoms with Crippen molar-refractivity contribution in [3.05, 3.63) is 0 Å². The first kappa shape index (κ1) is 13.2.